The van der Waals surface area contributed by atoms with Crippen LogP contribution in [0, 0.1) is 5.41 Å². The van der Waals surface area contributed by atoms with Crippen LogP contribution in [0.3, 0.4) is 0 Å². The lowest BCUT2D eigenvalue weighted by atomic mass is 9.75. The molecule has 0 amide bonds. The van der Waals surface area contributed by atoms with Gasteiger partial charge < -0.3 is 15.0 Å². The summed E-state index contributed by atoms with van der Waals surface area (Å²) in [6.45, 7) is 8.46. The largest absolute Gasteiger partial charge is 0.379 e. The van der Waals surface area contributed by atoms with Crippen molar-refractivity contribution in [3.8, 4) is 0 Å². The molecule has 0 aromatic rings. The molecule has 3 nitrogen and oxygen atoms in total. The zero-order valence-corrected chi connectivity index (χ0v) is 12.1. The summed E-state index contributed by atoms with van der Waals surface area (Å²) in [7, 11) is 4.15. The summed E-state index contributed by atoms with van der Waals surface area (Å²) in [6.07, 6.45) is 5.35. The second kappa shape index (κ2) is 7.34. The van der Waals surface area contributed by atoms with Crippen LogP contribution in [0.25, 0.3) is 0 Å². The highest BCUT2D eigenvalue weighted by molar-refractivity contribution is 4.81. The van der Waals surface area contributed by atoms with E-state index in [0.717, 1.165) is 32.3 Å². The summed E-state index contributed by atoms with van der Waals surface area (Å²) in [5, 5.41) is 3.61. The van der Waals surface area contributed by atoms with Crippen LogP contribution in [0.15, 0.2) is 0 Å². The first-order chi connectivity index (χ1) is 7.99. The molecule has 1 aliphatic carbocycles. The van der Waals surface area contributed by atoms with Crippen LogP contribution in [-0.4, -0.2) is 51.3 Å². The molecule has 0 heterocycles. The summed E-state index contributed by atoms with van der Waals surface area (Å²) in [5.74, 6) is 0. The molecule has 1 rings (SSSR count). The normalized spacial score (nSPS) is 21.0. The maximum absolute atomic E-state index is 5.57. The molecule has 0 aliphatic heterocycles. The van der Waals surface area contributed by atoms with Crippen molar-refractivity contribution in [2.45, 2.75) is 45.6 Å². The predicted molar refractivity (Wildman–Crippen MR) is 73.4 cm³/mol. The first kappa shape index (κ1) is 14.9. The quantitative estimate of drug-likeness (QED) is 0.692. The van der Waals surface area contributed by atoms with Crippen molar-refractivity contribution in [1.29, 1.82) is 0 Å². The Labute approximate surface area is 107 Å². The lowest BCUT2D eigenvalue weighted by molar-refractivity contribution is 0.113. The Balaban J connectivity index is 1.94. The van der Waals surface area contributed by atoms with Crippen molar-refractivity contribution in [3.05, 3.63) is 0 Å². The standard InChI is InChI=1S/C14H30N2O/c1-14(2)7-5-13(6-8-14)15-9-11-17-12-10-16(3)4/h13,15H,5-12H2,1-4H3. The summed E-state index contributed by atoms with van der Waals surface area (Å²) >= 11 is 0. The third kappa shape index (κ3) is 7.02. The van der Waals surface area contributed by atoms with E-state index in [1.54, 1.807) is 0 Å². The van der Waals surface area contributed by atoms with E-state index in [2.05, 4.69) is 38.2 Å². The van der Waals surface area contributed by atoms with E-state index < -0.39 is 0 Å². The second-order valence-electron chi connectivity index (χ2n) is 6.31. The molecule has 3 heteroatoms. The van der Waals surface area contributed by atoms with E-state index in [-0.39, 0.29) is 0 Å². The van der Waals surface area contributed by atoms with Gasteiger partial charge >= 0.3 is 0 Å². The van der Waals surface area contributed by atoms with Crippen LogP contribution in [0.4, 0.5) is 0 Å². The van der Waals surface area contributed by atoms with Gasteiger partial charge in [0, 0.05) is 19.1 Å². The van der Waals surface area contributed by atoms with Gasteiger partial charge in [0.05, 0.1) is 13.2 Å². The van der Waals surface area contributed by atoms with Gasteiger partial charge in [-0.1, -0.05) is 13.8 Å². The molecule has 0 radical (unpaired) electrons. The van der Waals surface area contributed by atoms with Crippen LogP contribution in [-0.2, 0) is 4.74 Å². The van der Waals surface area contributed by atoms with Crippen LogP contribution in [0.5, 0.6) is 0 Å². The summed E-state index contributed by atoms with van der Waals surface area (Å²) in [6, 6.07) is 0.723. The van der Waals surface area contributed by atoms with E-state index in [1.165, 1.54) is 25.7 Å². The van der Waals surface area contributed by atoms with Gasteiger partial charge in [-0.05, 0) is 45.2 Å². The van der Waals surface area contributed by atoms with Gasteiger partial charge in [0.1, 0.15) is 0 Å². The van der Waals surface area contributed by atoms with Crippen LogP contribution in [0.2, 0.25) is 0 Å². The molecule has 0 saturated heterocycles. The molecule has 1 saturated carbocycles. The highest BCUT2D eigenvalue weighted by Gasteiger charge is 2.26. The molecule has 1 aliphatic rings. The Kier molecular flexibility index (Phi) is 6.45. The minimum absolute atomic E-state index is 0.570. The molecule has 102 valence electrons. The van der Waals surface area contributed by atoms with Crippen LogP contribution >= 0.6 is 0 Å². The fourth-order valence-corrected chi connectivity index (χ4v) is 2.29. The monoisotopic (exact) mass is 242 g/mol. The van der Waals surface area contributed by atoms with Crippen molar-refractivity contribution in [2.75, 3.05) is 40.4 Å². The van der Waals surface area contributed by atoms with Crippen molar-refractivity contribution in [2.24, 2.45) is 5.41 Å². The molecule has 0 atom stereocenters. The van der Waals surface area contributed by atoms with Crippen molar-refractivity contribution in [1.82, 2.24) is 10.2 Å². The Morgan fingerprint density at radius 2 is 1.82 bits per heavy atom. The average Bonchev–Trinajstić information content (AvgIpc) is 2.25. The molecule has 1 fully saturated rings. The lowest BCUT2D eigenvalue weighted by Gasteiger charge is -2.34. The highest BCUT2D eigenvalue weighted by Crippen LogP contribution is 2.34. The van der Waals surface area contributed by atoms with Gasteiger partial charge in [-0.15, -0.1) is 0 Å². The van der Waals surface area contributed by atoms with Gasteiger partial charge in [0.15, 0.2) is 0 Å². The molecule has 0 bridgehead atoms. The fourth-order valence-electron chi connectivity index (χ4n) is 2.29. The number of likely N-dealkylation sites (N-methyl/N-ethyl adjacent to an activating group) is 1. The Bertz CT molecular complexity index is 194. The van der Waals surface area contributed by atoms with E-state index >= 15 is 0 Å². The first-order valence-electron chi connectivity index (χ1n) is 6.95. The first-order valence-corrected chi connectivity index (χ1v) is 6.95. The van der Waals surface area contributed by atoms with E-state index in [9.17, 15) is 0 Å². The molecule has 0 spiro atoms. The highest BCUT2D eigenvalue weighted by atomic mass is 16.5. The Morgan fingerprint density at radius 3 is 2.41 bits per heavy atom. The minimum Gasteiger partial charge on any atom is -0.379 e. The predicted octanol–water partition coefficient (Wildman–Crippen LogP) is 2.12. The lowest BCUT2D eigenvalue weighted by Crippen LogP contribution is -2.37. The molecule has 0 unspecified atom stereocenters. The zero-order chi connectivity index (χ0) is 12.7. The Hall–Kier alpha value is -0.120. The van der Waals surface area contributed by atoms with Gasteiger partial charge in [-0.3, -0.25) is 0 Å². The summed E-state index contributed by atoms with van der Waals surface area (Å²) in [5.41, 5.74) is 0.570. The summed E-state index contributed by atoms with van der Waals surface area (Å²) in [4.78, 5) is 2.15. The molecule has 0 aromatic carbocycles. The topological polar surface area (TPSA) is 24.5 Å². The van der Waals surface area contributed by atoms with Gasteiger partial charge in [-0.2, -0.15) is 0 Å². The fraction of sp³-hybridized carbons (Fsp3) is 1.00. The minimum atomic E-state index is 0.570. The maximum Gasteiger partial charge on any atom is 0.0593 e. The van der Waals surface area contributed by atoms with Gasteiger partial charge in [-0.25, -0.2) is 0 Å². The number of nitrogens with one attached hydrogen (secondary N) is 1. The molecule has 0 aromatic heterocycles. The number of ether oxygens (including phenoxy) is 1. The number of nitrogens with zero attached hydrogens (tertiary/aromatic N) is 1. The Morgan fingerprint density at radius 1 is 1.18 bits per heavy atom. The van der Waals surface area contributed by atoms with Gasteiger partial charge in [0.2, 0.25) is 0 Å². The number of hydrogen-bond donors (Lipinski definition) is 1. The van der Waals surface area contributed by atoms with E-state index in [4.69, 9.17) is 4.74 Å². The smallest absolute Gasteiger partial charge is 0.0593 e. The van der Waals surface area contributed by atoms with Crippen molar-refractivity contribution in [3.63, 3.8) is 0 Å². The molecule has 17 heavy (non-hydrogen) atoms. The van der Waals surface area contributed by atoms with Crippen molar-refractivity contribution < 1.29 is 4.74 Å². The number of rotatable bonds is 7. The molecular weight excluding hydrogens is 212 g/mol. The van der Waals surface area contributed by atoms with E-state index in [0.29, 0.717) is 5.41 Å². The number of hydrogen-bond acceptors (Lipinski definition) is 3. The molecule has 1 N–H and O–H groups in total. The SMILES string of the molecule is CN(C)CCOCCNC1CCC(C)(C)CC1. The third-order valence-electron chi connectivity index (χ3n) is 3.70. The maximum atomic E-state index is 5.57. The second-order valence-corrected chi connectivity index (χ2v) is 6.31. The third-order valence-corrected chi connectivity index (χ3v) is 3.70. The zero-order valence-electron chi connectivity index (χ0n) is 12.1. The average molecular weight is 242 g/mol. The van der Waals surface area contributed by atoms with Crippen molar-refractivity contribution >= 4 is 0 Å². The molecular formula is C14H30N2O. The van der Waals surface area contributed by atoms with Gasteiger partial charge in [0.25, 0.3) is 0 Å². The van der Waals surface area contributed by atoms with Crippen LogP contribution < -0.4 is 5.32 Å². The van der Waals surface area contributed by atoms with Crippen LogP contribution in [0.1, 0.15) is 39.5 Å². The summed E-state index contributed by atoms with van der Waals surface area (Å²) < 4.78 is 5.57. The van der Waals surface area contributed by atoms with E-state index in [1.807, 2.05) is 0 Å².